The van der Waals surface area contributed by atoms with Gasteiger partial charge in [0.1, 0.15) is 6.54 Å². The average Bonchev–Trinajstić information content (AvgIpc) is 3.27. The molecule has 0 spiro atoms. The Morgan fingerprint density at radius 1 is 1.08 bits per heavy atom. The molecule has 2 bridgehead atoms. The van der Waals surface area contributed by atoms with Crippen LogP contribution in [0.1, 0.15) is 24.8 Å². The lowest BCUT2D eigenvalue weighted by atomic mass is 9.81. The number of likely N-dealkylation sites (tertiary alicyclic amines) is 1. The Morgan fingerprint density at radius 3 is 2.50 bits per heavy atom. The Bertz CT molecular complexity index is 805. The van der Waals surface area contributed by atoms with E-state index in [1.165, 1.54) is 4.90 Å². The maximum atomic E-state index is 13.0. The number of amides is 3. The van der Waals surface area contributed by atoms with Gasteiger partial charge >= 0.3 is 0 Å². The molecule has 6 heteroatoms. The van der Waals surface area contributed by atoms with Crippen LogP contribution in [0.5, 0.6) is 0 Å². The monoisotopic (exact) mass is 352 g/mol. The molecule has 4 unspecified atom stereocenters. The summed E-state index contributed by atoms with van der Waals surface area (Å²) in [7, 11) is 0. The molecule has 4 aliphatic heterocycles. The SMILES string of the molecule is O=C1C2C3CCC(O3)C2C(=O)N1CC(=O)N1CCC=Cc2ccccc21. The lowest BCUT2D eigenvalue weighted by molar-refractivity contribution is -0.145. The first kappa shape index (κ1) is 15.8. The second-order valence-electron chi connectivity index (χ2n) is 7.40. The second-order valence-corrected chi connectivity index (χ2v) is 7.40. The number of rotatable bonds is 2. The first-order valence-electron chi connectivity index (χ1n) is 9.22. The van der Waals surface area contributed by atoms with Crippen molar-refractivity contribution < 1.29 is 19.1 Å². The van der Waals surface area contributed by atoms with Crippen LogP contribution in [-0.2, 0) is 19.1 Å². The van der Waals surface area contributed by atoms with Crippen molar-refractivity contribution in [1.29, 1.82) is 0 Å². The number of anilines is 1. The number of carbonyl (C=O) groups excluding carboxylic acids is 3. The van der Waals surface area contributed by atoms with Gasteiger partial charge in [-0.05, 0) is 30.9 Å². The summed E-state index contributed by atoms with van der Waals surface area (Å²) in [5.74, 6) is -1.45. The van der Waals surface area contributed by atoms with Crippen molar-refractivity contribution in [1.82, 2.24) is 4.90 Å². The number of benzene rings is 1. The fourth-order valence-corrected chi connectivity index (χ4v) is 4.82. The highest BCUT2D eigenvalue weighted by atomic mass is 16.5. The minimum atomic E-state index is -0.382. The fraction of sp³-hybridized carbons (Fsp3) is 0.450. The Hall–Kier alpha value is -2.47. The molecule has 0 N–H and O–H groups in total. The molecule has 0 radical (unpaired) electrons. The van der Waals surface area contributed by atoms with Crippen molar-refractivity contribution in [3.8, 4) is 0 Å². The summed E-state index contributed by atoms with van der Waals surface area (Å²) in [6.45, 7) is 0.363. The Morgan fingerprint density at radius 2 is 1.77 bits per heavy atom. The van der Waals surface area contributed by atoms with Crippen LogP contribution in [0.4, 0.5) is 5.69 Å². The van der Waals surface area contributed by atoms with Gasteiger partial charge in [-0.3, -0.25) is 19.3 Å². The topological polar surface area (TPSA) is 66.9 Å². The van der Waals surface area contributed by atoms with E-state index in [9.17, 15) is 14.4 Å². The van der Waals surface area contributed by atoms with Crippen molar-refractivity contribution in [2.45, 2.75) is 31.5 Å². The molecule has 26 heavy (non-hydrogen) atoms. The van der Waals surface area contributed by atoms with Crippen LogP contribution in [0, 0.1) is 11.8 Å². The maximum Gasteiger partial charge on any atom is 0.247 e. The van der Waals surface area contributed by atoms with Crippen LogP contribution in [0.25, 0.3) is 6.08 Å². The van der Waals surface area contributed by atoms with E-state index < -0.39 is 0 Å². The Kier molecular flexibility index (Phi) is 3.50. The van der Waals surface area contributed by atoms with E-state index in [0.717, 1.165) is 30.5 Å². The number of para-hydroxylation sites is 1. The predicted molar refractivity (Wildman–Crippen MR) is 94.0 cm³/mol. The van der Waals surface area contributed by atoms with Gasteiger partial charge in [0.15, 0.2) is 0 Å². The third-order valence-corrected chi connectivity index (χ3v) is 6.01. The molecule has 0 aliphatic carbocycles. The van der Waals surface area contributed by atoms with E-state index in [-0.39, 0.29) is 48.3 Å². The van der Waals surface area contributed by atoms with Crippen LogP contribution < -0.4 is 4.90 Å². The van der Waals surface area contributed by atoms with Crippen LogP contribution in [0.15, 0.2) is 30.3 Å². The minimum absolute atomic E-state index is 0.148. The molecule has 1 aromatic rings. The summed E-state index contributed by atoms with van der Waals surface area (Å²) in [4.78, 5) is 41.4. The van der Waals surface area contributed by atoms with Gasteiger partial charge in [-0.2, -0.15) is 0 Å². The Balaban J connectivity index is 1.38. The number of fused-ring (bicyclic) bond motifs is 6. The summed E-state index contributed by atoms with van der Waals surface area (Å²) >= 11 is 0. The van der Waals surface area contributed by atoms with Gasteiger partial charge in [0.2, 0.25) is 17.7 Å². The molecule has 4 heterocycles. The zero-order chi connectivity index (χ0) is 17.8. The molecular weight excluding hydrogens is 332 g/mol. The van der Waals surface area contributed by atoms with E-state index in [4.69, 9.17) is 4.74 Å². The molecule has 0 aromatic heterocycles. The summed E-state index contributed by atoms with van der Waals surface area (Å²) in [5, 5.41) is 0. The third-order valence-electron chi connectivity index (χ3n) is 6.01. The number of ether oxygens (including phenoxy) is 1. The smallest absolute Gasteiger partial charge is 0.247 e. The van der Waals surface area contributed by atoms with Crippen molar-refractivity contribution >= 4 is 29.5 Å². The normalized spacial score (nSPS) is 32.0. The lowest BCUT2D eigenvalue weighted by Gasteiger charge is -2.25. The van der Waals surface area contributed by atoms with E-state index in [1.807, 2.05) is 36.4 Å². The molecule has 3 amide bonds. The summed E-state index contributed by atoms with van der Waals surface area (Å²) in [6.07, 6.45) is 6.15. The van der Waals surface area contributed by atoms with E-state index in [0.29, 0.717) is 6.54 Å². The first-order chi connectivity index (χ1) is 12.6. The zero-order valence-electron chi connectivity index (χ0n) is 14.3. The molecule has 3 saturated heterocycles. The van der Waals surface area contributed by atoms with Gasteiger partial charge in [0.25, 0.3) is 0 Å². The maximum absolute atomic E-state index is 13.0. The summed E-state index contributed by atoms with van der Waals surface area (Å²) in [5.41, 5.74) is 1.80. The number of imide groups is 1. The molecule has 5 rings (SSSR count). The highest BCUT2D eigenvalue weighted by Gasteiger charge is 2.62. The van der Waals surface area contributed by atoms with Crippen molar-refractivity contribution in [3.63, 3.8) is 0 Å². The average molecular weight is 352 g/mol. The lowest BCUT2D eigenvalue weighted by Crippen LogP contribution is -2.44. The highest BCUT2D eigenvalue weighted by molar-refractivity contribution is 6.10. The van der Waals surface area contributed by atoms with E-state index in [1.54, 1.807) is 4.90 Å². The number of hydrogen-bond acceptors (Lipinski definition) is 4. The standard InChI is InChI=1S/C20H20N2O4/c23-16(21-10-4-3-6-12-5-1-2-7-13(12)21)11-22-19(24)17-14-8-9-15(26-14)18(17)20(22)25/h1-3,5-7,14-15,17-18H,4,8-11H2. The first-order valence-corrected chi connectivity index (χ1v) is 9.22. The molecule has 3 fully saturated rings. The van der Waals surface area contributed by atoms with Gasteiger partial charge in [-0.1, -0.05) is 30.4 Å². The Labute approximate surface area is 151 Å². The van der Waals surface area contributed by atoms with Gasteiger partial charge in [0, 0.05) is 6.54 Å². The number of hydrogen-bond donors (Lipinski definition) is 0. The zero-order valence-corrected chi connectivity index (χ0v) is 14.3. The fourth-order valence-electron chi connectivity index (χ4n) is 4.82. The van der Waals surface area contributed by atoms with Gasteiger partial charge in [0.05, 0.1) is 29.7 Å². The molecule has 6 nitrogen and oxygen atoms in total. The van der Waals surface area contributed by atoms with Crippen LogP contribution >= 0.6 is 0 Å². The number of carbonyl (C=O) groups is 3. The van der Waals surface area contributed by atoms with Crippen molar-refractivity contribution in [2.75, 3.05) is 18.0 Å². The van der Waals surface area contributed by atoms with E-state index >= 15 is 0 Å². The predicted octanol–water partition coefficient (Wildman–Crippen LogP) is 1.60. The van der Waals surface area contributed by atoms with Crippen LogP contribution in [0.2, 0.25) is 0 Å². The largest absolute Gasteiger partial charge is 0.373 e. The van der Waals surface area contributed by atoms with Gasteiger partial charge in [-0.15, -0.1) is 0 Å². The van der Waals surface area contributed by atoms with Gasteiger partial charge in [-0.25, -0.2) is 0 Å². The van der Waals surface area contributed by atoms with Gasteiger partial charge < -0.3 is 9.64 Å². The second kappa shape index (κ2) is 5.77. The molecular formula is C20H20N2O4. The third kappa shape index (κ3) is 2.18. The molecule has 1 aromatic carbocycles. The molecule has 4 atom stereocenters. The van der Waals surface area contributed by atoms with E-state index in [2.05, 4.69) is 0 Å². The quantitative estimate of drug-likeness (QED) is 0.759. The summed E-state index contributed by atoms with van der Waals surface area (Å²) < 4.78 is 5.74. The van der Waals surface area contributed by atoms with Crippen molar-refractivity contribution in [3.05, 3.63) is 35.9 Å². The number of nitrogens with zero attached hydrogens (tertiary/aromatic N) is 2. The molecule has 134 valence electrons. The molecule has 0 saturated carbocycles. The van der Waals surface area contributed by atoms with Crippen molar-refractivity contribution in [2.24, 2.45) is 11.8 Å². The minimum Gasteiger partial charge on any atom is -0.373 e. The summed E-state index contributed by atoms with van der Waals surface area (Å²) in [6, 6.07) is 7.69. The highest BCUT2D eigenvalue weighted by Crippen LogP contribution is 2.48. The van der Waals surface area contributed by atoms with Crippen LogP contribution in [-0.4, -0.2) is 47.9 Å². The molecule has 4 aliphatic rings. The van der Waals surface area contributed by atoms with Crippen LogP contribution in [0.3, 0.4) is 0 Å².